The molecule has 2 amide bonds. The first kappa shape index (κ1) is 26.2. The molecule has 0 fully saturated rings. The van der Waals surface area contributed by atoms with Gasteiger partial charge in [-0.3, -0.25) is 9.59 Å². The van der Waals surface area contributed by atoms with Crippen molar-refractivity contribution in [2.45, 2.75) is 32.4 Å². The Kier molecular flexibility index (Phi) is 6.68. The van der Waals surface area contributed by atoms with Crippen molar-refractivity contribution >= 4 is 49.7 Å². The van der Waals surface area contributed by atoms with Gasteiger partial charge in [0.15, 0.2) is 17.0 Å². The van der Waals surface area contributed by atoms with Crippen LogP contribution in [0.5, 0.6) is 5.75 Å². The van der Waals surface area contributed by atoms with E-state index in [4.69, 9.17) is 10.5 Å². The topological polar surface area (TPSA) is 112 Å². The van der Waals surface area contributed by atoms with E-state index in [-0.39, 0.29) is 32.1 Å². The summed E-state index contributed by atoms with van der Waals surface area (Å²) in [7, 11) is 1.48. The quantitative estimate of drug-likeness (QED) is 0.301. The molecule has 0 unspecified atom stereocenters. The maximum Gasteiger partial charge on any atom is 0.433 e. The van der Waals surface area contributed by atoms with Crippen LogP contribution < -0.4 is 15.8 Å². The number of nitrogens with two attached hydrogens (primary N) is 1. The zero-order valence-electron chi connectivity index (χ0n) is 20.1. The number of hydrogen-bond donors (Lipinski definition) is 2. The van der Waals surface area contributed by atoms with E-state index in [1.165, 1.54) is 18.4 Å². The average molecular weight is 608 g/mol. The number of amides is 2. The van der Waals surface area contributed by atoms with E-state index in [0.29, 0.717) is 28.2 Å². The summed E-state index contributed by atoms with van der Waals surface area (Å²) >= 11 is 4.48. The first-order chi connectivity index (χ1) is 18.0. The molecule has 3 heterocycles. The number of alkyl halides is 3. The van der Waals surface area contributed by atoms with Gasteiger partial charge in [0.1, 0.15) is 10.8 Å². The van der Waals surface area contributed by atoms with Gasteiger partial charge in [-0.15, -0.1) is 11.3 Å². The van der Waals surface area contributed by atoms with Gasteiger partial charge in [0.25, 0.3) is 11.8 Å². The molecule has 1 aromatic carbocycles. The van der Waals surface area contributed by atoms with Crippen LogP contribution in [0.2, 0.25) is 0 Å². The third-order valence-corrected chi connectivity index (χ3v) is 8.31. The molecule has 0 aliphatic heterocycles. The standard InChI is InChI=1S/C25H21BrF3N5O3S/c1-11-3-8-14-16(9-11)38-24(18(14)21(30)35)32-23(36)20-19(26)22-31-15(12-4-6-13(37-2)7-5-12)10-17(25(27,28)29)34(22)33-20/h4-7,10-11H,3,8-9H2,1-2H3,(H2,30,35)(H,32,36)/t11-/m1/s1. The molecule has 1 aliphatic carbocycles. The zero-order valence-corrected chi connectivity index (χ0v) is 22.6. The van der Waals surface area contributed by atoms with Crippen LogP contribution in [0.1, 0.15) is 50.3 Å². The van der Waals surface area contributed by atoms with Crippen molar-refractivity contribution in [3.8, 4) is 17.0 Å². The minimum atomic E-state index is -4.79. The summed E-state index contributed by atoms with van der Waals surface area (Å²) in [5.41, 5.74) is 5.53. The molecule has 38 heavy (non-hydrogen) atoms. The first-order valence-corrected chi connectivity index (χ1v) is 13.2. The minimum absolute atomic E-state index is 0.0218. The van der Waals surface area contributed by atoms with Crippen LogP contribution in [0.3, 0.4) is 0 Å². The fourth-order valence-corrected chi connectivity index (χ4v) is 6.44. The summed E-state index contributed by atoms with van der Waals surface area (Å²) < 4.78 is 47.8. The molecule has 8 nitrogen and oxygen atoms in total. The molecule has 3 aromatic heterocycles. The number of primary amides is 1. The van der Waals surface area contributed by atoms with Gasteiger partial charge in [0, 0.05) is 10.4 Å². The number of methoxy groups -OCH3 is 1. The van der Waals surface area contributed by atoms with Crippen molar-refractivity contribution in [3.05, 3.63) is 62.2 Å². The summed E-state index contributed by atoms with van der Waals surface area (Å²) in [6, 6.07) is 7.25. The number of halogens is 4. The molecule has 0 saturated heterocycles. The first-order valence-electron chi connectivity index (χ1n) is 11.5. The summed E-state index contributed by atoms with van der Waals surface area (Å²) in [5.74, 6) is -0.512. The van der Waals surface area contributed by atoms with Crippen molar-refractivity contribution in [1.82, 2.24) is 14.6 Å². The lowest BCUT2D eigenvalue weighted by atomic mass is 9.88. The smallest absolute Gasteiger partial charge is 0.433 e. The lowest BCUT2D eigenvalue weighted by Crippen LogP contribution is -2.20. The SMILES string of the molecule is COc1ccc(-c2cc(C(F)(F)F)n3nc(C(=O)Nc4sc5c(c4C(N)=O)CC[C@@H](C)C5)c(Br)c3n2)cc1. The predicted molar refractivity (Wildman–Crippen MR) is 140 cm³/mol. The number of benzene rings is 1. The van der Waals surface area contributed by atoms with Gasteiger partial charge in [0.05, 0.1) is 22.8 Å². The van der Waals surface area contributed by atoms with Crippen LogP contribution in [-0.2, 0) is 19.0 Å². The van der Waals surface area contributed by atoms with Gasteiger partial charge < -0.3 is 15.8 Å². The second-order valence-corrected chi connectivity index (χ2v) is 10.9. The number of ether oxygens (including phenoxy) is 1. The molecule has 1 atom stereocenters. The number of nitrogens with one attached hydrogen (secondary N) is 1. The van der Waals surface area contributed by atoms with Gasteiger partial charge in [-0.1, -0.05) is 6.92 Å². The lowest BCUT2D eigenvalue weighted by molar-refractivity contribution is -0.142. The van der Waals surface area contributed by atoms with Gasteiger partial charge in [-0.2, -0.15) is 18.3 Å². The number of rotatable bonds is 5. The van der Waals surface area contributed by atoms with E-state index in [1.807, 2.05) is 0 Å². The molecule has 0 bridgehead atoms. The third kappa shape index (κ3) is 4.64. The fourth-order valence-electron chi connectivity index (χ4n) is 4.51. The maximum absolute atomic E-state index is 14.1. The maximum atomic E-state index is 14.1. The van der Waals surface area contributed by atoms with E-state index in [0.717, 1.165) is 29.3 Å². The summed E-state index contributed by atoms with van der Waals surface area (Å²) in [6.07, 6.45) is -2.49. The van der Waals surface area contributed by atoms with Crippen molar-refractivity contribution < 1.29 is 27.5 Å². The number of aromatic nitrogens is 3. The molecule has 13 heteroatoms. The Morgan fingerprint density at radius 1 is 1.26 bits per heavy atom. The molecule has 0 spiro atoms. The Morgan fingerprint density at radius 2 is 1.97 bits per heavy atom. The Balaban J connectivity index is 1.58. The van der Waals surface area contributed by atoms with E-state index in [9.17, 15) is 22.8 Å². The van der Waals surface area contributed by atoms with E-state index < -0.39 is 23.7 Å². The molecule has 5 rings (SSSR count). The van der Waals surface area contributed by atoms with Crippen LogP contribution in [0.15, 0.2) is 34.8 Å². The predicted octanol–water partition coefficient (Wildman–Crippen LogP) is 5.72. The molecular weight excluding hydrogens is 587 g/mol. The zero-order chi connectivity index (χ0) is 27.4. The van der Waals surface area contributed by atoms with Crippen molar-refractivity contribution in [3.63, 3.8) is 0 Å². The van der Waals surface area contributed by atoms with E-state index >= 15 is 0 Å². The van der Waals surface area contributed by atoms with E-state index in [1.54, 1.807) is 24.3 Å². The van der Waals surface area contributed by atoms with Crippen molar-refractivity contribution in [2.24, 2.45) is 11.7 Å². The highest BCUT2D eigenvalue weighted by atomic mass is 79.9. The molecule has 1 aliphatic rings. The average Bonchev–Trinajstić information content (AvgIpc) is 3.39. The molecule has 198 valence electrons. The molecule has 4 aromatic rings. The van der Waals surface area contributed by atoms with Crippen LogP contribution in [-0.4, -0.2) is 33.5 Å². The van der Waals surface area contributed by atoms with Crippen LogP contribution in [0.4, 0.5) is 18.2 Å². The molecule has 0 radical (unpaired) electrons. The second-order valence-electron chi connectivity index (χ2n) is 9.03. The number of carbonyl (C=O) groups excluding carboxylic acids is 2. The van der Waals surface area contributed by atoms with E-state index in [2.05, 4.69) is 38.3 Å². The Labute approximate surface area is 227 Å². The van der Waals surface area contributed by atoms with Crippen LogP contribution in [0, 0.1) is 5.92 Å². The van der Waals surface area contributed by atoms with Crippen molar-refractivity contribution in [1.29, 1.82) is 0 Å². The number of thiophene rings is 1. The minimum Gasteiger partial charge on any atom is -0.497 e. The lowest BCUT2D eigenvalue weighted by Gasteiger charge is -2.18. The van der Waals surface area contributed by atoms with Gasteiger partial charge in [-0.25, -0.2) is 9.50 Å². The number of anilines is 1. The van der Waals surface area contributed by atoms with Crippen LogP contribution in [0.25, 0.3) is 16.9 Å². The van der Waals surface area contributed by atoms with Gasteiger partial charge in [0.2, 0.25) is 0 Å². The highest BCUT2D eigenvalue weighted by molar-refractivity contribution is 9.10. The molecule has 3 N–H and O–H groups in total. The monoisotopic (exact) mass is 607 g/mol. The number of fused-ring (bicyclic) bond motifs is 2. The third-order valence-electron chi connectivity index (χ3n) is 6.41. The number of carbonyl (C=O) groups is 2. The Bertz CT molecular complexity index is 1580. The summed E-state index contributed by atoms with van der Waals surface area (Å²) in [5, 5.41) is 6.86. The van der Waals surface area contributed by atoms with Gasteiger partial charge >= 0.3 is 6.18 Å². The molecule has 0 saturated carbocycles. The highest BCUT2D eigenvalue weighted by Gasteiger charge is 2.37. The summed E-state index contributed by atoms with van der Waals surface area (Å²) in [6.45, 7) is 2.10. The van der Waals surface area contributed by atoms with Crippen LogP contribution >= 0.6 is 27.3 Å². The Morgan fingerprint density at radius 3 is 2.61 bits per heavy atom. The highest BCUT2D eigenvalue weighted by Crippen LogP contribution is 2.40. The number of nitrogens with zero attached hydrogens (tertiary/aromatic N) is 3. The fraction of sp³-hybridized carbons (Fsp3) is 0.280. The second kappa shape index (κ2) is 9.70. The van der Waals surface area contributed by atoms with Gasteiger partial charge in [-0.05, 0) is 77.0 Å². The summed E-state index contributed by atoms with van der Waals surface area (Å²) in [4.78, 5) is 30.8. The normalized spacial score (nSPS) is 15.4. The number of hydrogen-bond acceptors (Lipinski definition) is 6. The Hall–Kier alpha value is -3.45. The molecular formula is C25H21BrF3N5O3S. The largest absolute Gasteiger partial charge is 0.497 e. The van der Waals surface area contributed by atoms with Crippen molar-refractivity contribution in [2.75, 3.05) is 12.4 Å².